The van der Waals surface area contributed by atoms with E-state index in [-0.39, 0.29) is 17.7 Å². The zero-order chi connectivity index (χ0) is 20.4. The predicted octanol–water partition coefficient (Wildman–Crippen LogP) is 4.17. The monoisotopic (exact) mass is 449 g/mol. The second-order valence-corrected chi connectivity index (χ2v) is 9.75. The molecule has 1 aliphatic carbocycles. The van der Waals surface area contributed by atoms with E-state index >= 15 is 0 Å². The van der Waals surface area contributed by atoms with Crippen LogP contribution in [0.25, 0.3) is 0 Å². The third-order valence-electron chi connectivity index (χ3n) is 4.27. The Bertz CT molecular complexity index is 1050. The van der Waals surface area contributed by atoms with Crippen LogP contribution in [-0.4, -0.2) is 32.7 Å². The average molecular weight is 450 g/mol. The topological polar surface area (TPSA) is 96.9 Å². The first-order chi connectivity index (χ1) is 14.0. The summed E-state index contributed by atoms with van der Waals surface area (Å²) in [5, 5.41) is 14.5. The maximum absolute atomic E-state index is 13.0. The third-order valence-corrected chi connectivity index (χ3v) is 7.17. The van der Waals surface area contributed by atoms with Crippen molar-refractivity contribution in [3.8, 4) is 0 Å². The Morgan fingerprint density at radius 1 is 1.17 bits per heavy atom. The molecule has 3 aromatic rings. The first kappa shape index (κ1) is 19.9. The molecule has 2 amide bonds. The van der Waals surface area contributed by atoms with Gasteiger partial charge in [0, 0.05) is 10.4 Å². The van der Waals surface area contributed by atoms with Crippen molar-refractivity contribution in [1.82, 2.24) is 15.2 Å². The summed E-state index contributed by atoms with van der Waals surface area (Å²) in [6, 6.07) is 5.29. The molecule has 2 aromatic heterocycles. The fourth-order valence-electron chi connectivity index (χ4n) is 2.94. The molecule has 0 spiro atoms. The summed E-state index contributed by atoms with van der Waals surface area (Å²) in [5.74, 6) is -0.439. The van der Waals surface area contributed by atoms with Gasteiger partial charge in [-0.25, -0.2) is 9.37 Å². The molecule has 0 radical (unpaired) electrons. The molecule has 0 fully saturated rings. The van der Waals surface area contributed by atoms with Gasteiger partial charge in [-0.15, -0.1) is 21.5 Å². The lowest BCUT2D eigenvalue weighted by molar-refractivity contribution is -0.117. The highest BCUT2D eigenvalue weighted by molar-refractivity contribution is 8.01. The molecule has 1 unspecified atom stereocenters. The summed E-state index contributed by atoms with van der Waals surface area (Å²) in [7, 11) is 0. The molecule has 0 saturated heterocycles. The summed E-state index contributed by atoms with van der Waals surface area (Å²) in [4.78, 5) is 30.4. The van der Waals surface area contributed by atoms with Crippen LogP contribution in [0.15, 0.2) is 28.6 Å². The molecule has 2 heterocycles. The second-order valence-electron chi connectivity index (χ2n) is 6.18. The van der Waals surface area contributed by atoms with Gasteiger partial charge in [0.25, 0.3) is 5.91 Å². The van der Waals surface area contributed by atoms with Crippen LogP contribution < -0.4 is 10.6 Å². The van der Waals surface area contributed by atoms with Crippen LogP contribution in [0, 0.1) is 5.82 Å². The number of thioether (sulfide) groups is 1. The number of halogens is 1. The van der Waals surface area contributed by atoms with Crippen LogP contribution in [0.2, 0.25) is 0 Å². The third kappa shape index (κ3) is 4.46. The van der Waals surface area contributed by atoms with E-state index in [2.05, 4.69) is 25.8 Å². The molecule has 150 valence electrons. The van der Waals surface area contributed by atoms with E-state index in [1.54, 1.807) is 11.8 Å². The highest BCUT2D eigenvalue weighted by atomic mass is 32.2. The first-order valence-electron chi connectivity index (χ1n) is 8.87. The Labute approximate surface area is 178 Å². The maximum Gasteiger partial charge on any atom is 0.257 e. The van der Waals surface area contributed by atoms with E-state index in [0.717, 1.165) is 21.4 Å². The lowest BCUT2D eigenvalue weighted by Crippen LogP contribution is -2.20. The molecule has 1 atom stereocenters. The number of hydrogen-bond acceptors (Lipinski definition) is 8. The van der Waals surface area contributed by atoms with Crippen LogP contribution in [0.1, 0.15) is 40.2 Å². The van der Waals surface area contributed by atoms with Crippen molar-refractivity contribution in [1.29, 1.82) is 0 Å². The van der Waals surface area contributed by atoms with Gasteiger partial charge in [0.2, 0.25) is 11.0 Å². The predicted molar refractivity (Wildman–Crippen MR) is 112 cm³/mol. The molecule has 29 heavy (non-hydrogen) atoms. The Hall–Kier alpha value is -2.37. The molecule has 0 bridgehead atoms. The van der Waals surface area contributed by atoms with Gasteiger partial charge < -0.3 is 0 Å². The molecular formula is C18H16FN5O2S3. The number of thiazole rings is 1. The van der Waals surface area contributed by atoms with E-state index in [0.29, 0.717) is 27.9 Å². The minimum Gasteiger partial charge on any atom is -0.300 e. The van der Waals surface area contributed by atoms with E-state index < -0.39 is 5.82 Å². The quantitative estimate of drug-likeness (QED) is 0.433. The summed E-state index contributed by atoms with van der Waals surface area (Å²) < 4.78 is 13.8. The number of carbonyl (C=O) groups excluding carboxylic acids is 2. The normalized spacial score (nSPS) is 15.2. The van der Waals surface area contributed by atoms with Gasteiger partial charge in [0.15, 0.2) is 9.47 Å². The molecule has 4 rings (SSSR count). The fourth-order valence-corrected chi connectivity index (χ4v) is 5.63. The standard InChI is InChI=1S/C18H16FN5O2S3/c1-2-27-18-24-23-17(29-18)22-15(26)11-7-8-12-13(11)20-16(28-12)21-14(25)9-3-5-10(19)6-4-9/h3-6,11H,2,7-8H2,1H3,(H,20,21,25)(H,22,23,26). The van der Waals surface area contributed by atoms with Crippen molar-refractivity contribution >= 4 is 56.5 Å². The van der Waals surface area contributed by atoms with E-state index in [9.17, 15) is 14.0 Å². The lowest BCUT2D eigenvalue weighted by Gasteiger charge is -2.08. The zero-order valence-corrected chi connectivity index (χ0v) is 17.7. The van der Waals surface area contributed by atoms with E-state index in [1.165, 1.54) is 46.9 Å². The van der Waals surface area contributed by atoms with Crippen molar-refractivity contribution in [3.05, 3.63) is 46.2 Å². The highest BCUT2D eigenvalue weighted by Crippen LogP contribution is 2.39. The van der Waals surface area contributed by atoms with Gasteiger partial charge in [-0.2, -0.15) is 0 Å². The number of hydrogen-bond donors (Lipinski definition) is 2. The van der Waals surface area contributed by atoms with Gasteiger partial charge in [-0.05, 0) is 42.9 Å². The van der Waals surface area contributed by atoms with Crippen LogP contribution >= 0.6 is 34.4 Å². The van der Waals surface area contributed by atoms with Crippen molar-refractivity contribution in [2.24, 2.45) is 0 Å². The molecular weight excluding hydrogens is 433 g/mol. The lowest BCUT2D eigenvalue weighted by atomic mass is 10.1. The number of carbonyl (C=O) groups is 2. The summed E-state index contributed by atoms with van der Waals surface area (Å²) in [6.45, 7) is 2.03. The number of amides is 2. The minimum absolute atomic E-state index is 0.172. The van der Waals surface area contributed by atoms with Gasteiger partial charge in [-0.3, -0.25) is 20.2 Å². The molecule has 2 N–H and O–H groups in total. The van der Waals surface area contributed by atoms with Gasteiger partial charge in [-0.1, -0.05) is 30.0 Å². The van der Waals surface area contributed by atoms with Crippen molar-refractivity contribution in [3.63, 3.8) is 0 Å². The highest BCUT2D eigenvalue weighted by Gasteiger charge is 2.33. The summed E-state index contributed by atoms with van der Waals surface area (Å²) in [5.41, 5.74) is 1.03. The molecule has 0 saturated carbocycles. The van der Waals surface area contributed by atoms with Crippen LogP contribution in [0.3, 0.4) is 0 Å². The van der Waals surface area contributed by atoms with Crippen LogP contribution in [-0.2, 0) is 11.2 Å². The molecule has 0 aliphatic heterocycles. The molecule has 1 aliphatic rings. The van der Waals surface area contributed by atoms with Gasteiger partial charge in [0.1, 0.15) is 5.82 Å². The molecule has 7 nitrogen and oxygen atoms in total. The van der Waals surface area contributed by atoms with Crippen molar-refractivity contribution in [2.75, 3.05) is 16.4 Å². The number of aromatic nitrogens is 3. The number of anilines is 2. The number of nitrogens with one attached hydrogen (secondary N) is 2. The minimum atomic E-state index is -0.403. The summed E-state index contributed by atoms with van der Waals surface area (Å²) >= 11 is 4.28. The van der Waals surface area contributed by atoms with Crippen molar-refractivity contribution in [2.45, 2.75) is 30.0 Å². The van der Waals surface area contributed by atoms with E-state index in [4.69, 9.17) is 0 Å². The average Bonchev–Trinajstić information content (AvgIpc) is 3.38. The molecule has 11 heteroatoms. The number of fused-ring (bicyclic) bond motifs is 1. The largest absolute Gasteiger partial charge is 0.300 e. The van der Waals surface area contributed by atoms with Crippen LogP contribution in [0.5, 0.6) is 0 Å². The fraction of sp³-hybridized carbons (Fsp3) is 0.278. The SMILES string of the molecule is CCSc1nnc(NC(=O)C2CCc3sc(NC(=O)c4ccc(F)cc4)nc32)s1. The Balaban J connectivity index is 1.43. The van der Waals surface area contributed by atoms with Crippen LogP contribution in [0.4, 0.5) is 14.7 Å². The smallest absolute Gasteiger partial charge is 0.257 e. The number of benzene rings is 1. The van der Waals surface area contributed by atoms with E-state index in [1.807, 2.05) is 6.92 Å². The number of aryl methyl sites for hydroxylation is 1. The Morgan fingerprint density at radius 2 is 1.97 bits per heavy atom. The molecule has 1 aromatic carbocycles. The summed E-state index contributed by atoms with van der Waals surface area (Å²) in [6.07, 6.45) is 1.39. The first-order valence-corrected chi connectivity index (χ1v) is 11.5. The second kappa shape index (κ2) is 8.56. The van der Waals surface area contributed by atoms with Crippen molar-refractivity contribution < 1.29 is 14.0 Å². The Morgan fingerprint density at radius 3 is 2.72 bits per heavy atom. The number of nitrogens with zero attached hydrogens (tertiary/aromatic N) is 3. The zero-order valence-electron chi connectivity index (χ0n) is 15.3. The van der Waals surface area contributed by atoms with Gasteiger partial charge in [0.05, 0.1) is 11.6 Å². The van der Waals surface area contributed by atoms with Gasteiger partial charge >= 0.3 is 0 Å². The maximum atomic E-state index is 13.0. The Kier molecular flexibility index (Phi) is 5.88. The number of rotatable bonds is 6.